The minimum absolute atomic E-state index is 0.192. The molecule has 0 bridgehead atoms. The number of likely N-dealkylation sites (tertiary alicyclic amines) is 1. The predicted molar refractivity (Wildman–Crippen MR) is 68.5 cm³/mol. The van der Waals surface area contributed by atoms with Crippen molar-refractivity contribution in [3.63, 3.8) is 0 Å². The Balaban J connectivity index is 2.23. The smallest absolute Gasteiger partial charge is 0.128 e. The summed E-state index contributed by atoms with van der Waals surface area (Å²) in [6.07, 6.45) is -0.192. The summed E-state index contributed by atoms with van der Waals surface area (Å²) in [4.78, 5) is 2.15. The van der Waals surface area contributed by atoms with Crippen LogP contribution in [0.2, 0.25) is 0 Å². The average Bonchev–Trinajstić information content (AvgIpc) is 2.28. The summed E-state index contributed by atoms with van der Waals surface area (Å²) in [6.45, 7) is 2.15. The van der Waals surface area contributed by atoms with Gasteiger partial charge in [-0.05, 0) is 12.1 Å². The van der Waals surface area contributed by atoms with Crippen molar-refractivity contribution in [1.29, 1.82) is 0 Å². The molecule has 2 rings (SSSR count). The second-order valence-electron chi connectivity index (χ2n) is 4.14. The fourth-order valence-electron chi connectivity index (χ4n) is 2.00. The van der Waals surface area contributed by atoms with Crippen molar-refractivity contribution in [1.82, 2.24) is 4.90 Å². The zero-order chi connectivity index (χ0) is 12.4. The van der Waals surface area contributed by atoms with Gasteiger partial charge >= 0.3 is 0 Å². The van der Waals surface area contributed by atoms with Crippen molar-refractivity contribution in [3.05, 3.63) is 22.2 Å². The molecule has 4 nitrogen and oxygen atoms in total. The number of β-amino-alcohol motifs (C(OH)–C–C–N with tert-alkyl or cyclic N) is 1. The molecule has 1 aliphatic heterocycles. The fourth-order valence-corrected chi connectivity index (χ4v) is 2.42. The van der Waals surface area contributed by atoms with Crippen LogP contribution >= 0.6 is 15.9 Å². The number of benzene rings is 1. The number of nitrogens with zero attached hydrogens (tertiary/aromatic N) is 1. The number of rotatable bonds is 4. The van der Waals surface area contributed by atoms with Gasteiger partial charge in [0.05, 0.1) is 25.9 Å². The summed E-state index contributed by atoms with van der Waals surface area (Å²) in [6, 6.07) is 3.85. The van der Waals surface area contributed by atoms with E-state index in [-0.39, 0.29) is 6.10 Å². The molecule has 1 aliphatic rings. The molecule has 0 aliphatic carbocycles. The van der Waals surface area contributed by atoms with Crippen molar-refractivity contribution < 1.29 is 14.6 Å². The summed E-state index contributed by atoms with van der Waals surface area (Å²) in [5, 5.41) is 9.28. The van der Waals surface area contributed by atoms with E-state index in [0.717, 1.165) is 28.1 Å². The Morgan fingerprint density at radius 2 is 1.82 bits per heavy atom. The Morgan fingerprint density at radius 3 is 2.24 bits per heavy atom. The SMILES string of the molecule is COc1cc(Br)cc(OC)c1CN1CC(O)C1. The third-order valence-electron chi connectivity index (χ3n) is 2.89. The number of aliphatic hydroxyl groups is 1. The Hall–Kier alpha value is -0.780. The van der Waals surface area contributed by atoms with Gasteiger partial charge in [0.1, 0.15) is 11.5 Å². The topological polar surface area (TPSA) is 41.9 Å². The molecule has 1 heterocycles. The number of aliphatic hydroxyl groups excluding tert-OH is 1. The largest absolute Gasteiger partial charge is 0.496 e. The van der Waals surface area contributed by atoms with E-state index < -0.39 is 0 Å². The van der Waals surface area contributed by atoms with Crippen LogP contribution in [0.1, 0.15) is 5.56 Å². The van der Waals surface area contributed by atoms with Crippen LogP contribution in [-0.4, -0.2) is 43.4 Å². The molecule has 94 valence electrons. The highest BCUT2D eigenvalue weighted by molar-refractivity contribution is 9.10. The number of hydrogen-bond donors (Lipinski definition) is 1. The third kappa shape index (κ3) is 2.73. The molecule has 1 aromatic rings. The Bertz CT molecular complexity index is 380. The molecule has 0 unspecified atom stereocenters. The first-order valence-corrected chi connectivity index (χ1v) is 6.24. The van der Waals surface area contributed by atoms with E-state index in [0.29, 0.717) is 13.1 Å². The molecular formula is C12H16BrNO3. The first-order valence-electron chi connectivity index (χ1n) is 5.45. The monoisotopic (exact) mass is 301 g/mol. The van der Waals surface area contributed by atoms with Gasteiger partial charge in [-0.2, -0.15) is 0 Å². The second kappa shape index (κ2) is 5.25. The van der Waals surface area contributed by atoms with E-state index in [1.54, 1.807) is 14.2 Å². The van der Waals surface area contributed by atoms with Gasteiger partial charge in [0.25, 0.3) is 0 Å². The molecule has 1 saturated heterocycles. The van der Waals surface area contributed by atoms with Crippen LogP contribution in [0.4, 0.5) is 0 Å². The van der Waals surface area contributed by atoms with Crippen LogP contribution in [-0.2, 0) is 6.54 Å². The van der Waals surface area contributed by atoms with Gasteiger partial charge in [-0.3, -0.25) is 4.90 Å². The summed E-state index contributed by atoms with van der Waals surface area (Å²) in [5.74, 6) is 1.61. The zero-order valence-corrected chi connectivity index (χ0v) is 11.5. The van der Waals surface area contributed by atoms with Crippen molar-refractivity contribution in [2.24, 2.45) is 0 Å². The fraction of sp³-hybridized carbons (Fsp3) is 0.500. The van der Waals surface area contributed by atoms with Crippen molar-refractivity contribution >= 4 is 15.9 Å². The van der Waals surface area contributed by atoms with Crippen molar-refractivity contribution in [3.8, 4) is 11.5 Å². The van der Waals surface area contributed by atoms with E-state index >= 15 is 0 Å². The lowest BCUT2D eigenvalue weighted by Gasteiger charge is -2.36. The lowest BCUT2D eigenvalue weighted by molar-refractivity contribution is -0.00358. The molecular weight excluding hydrogens is 286 g/mol. The van der Waals surface area contributed by atoms with Gasteiger partial charge in [-0.15, -0.1) is 0 Å². The van der Waals surface area contributed by atoms with Gasteiger partial charge in [0.2, 0.25) is 0 Å². The second-order valence-corrected chi connectivity index (χ2v) is 5.05. The Morgan fingerprint density at radius 1 is 1.29 bits per heavy atom. The van der Waals surface area contributed by atoms with E-state index in [9.17, 15) is 5.11 Å². The average molecular weight is 302 g/mol. The van der Waals surface area contributed by atoms with Gasteiger partial charge < -0.3 is 14.6 Å². The maximum absolute atomic E-state index is 9.28. The first kappa shape index (κ1) is 12.7. The van der Waals surface area contributed by atoms with E-state index in [1.807, 2.05) is 12.1 Å². The van der Waals surface area contributed by atoms with Crippen LogP contribution in [0.15, 0.2) is 16.6 Å². The van der Waals surface area contributed by atoms with Gasteiger partial charge in [-0.25, -0.2) is 0 Å². The predicted octanol–water partition coefficient (Wildman–Crippen LogP) is 1.64. The Kier molecular flexibility index (Phi) is 3.91. The van der Waals surface area contributed by atoms with Gasteiger partial charge in [0, 0.05) is 24.1 Å². The molecule has 0 aromatic heterocycles. The molecule has 0 spiro atoms. The van der Waals surface area contributed by atoms with E-state index in [2.05, 4.69) is 20.8 Å². The number of hydrogen-bond acceptors (Lipinski definition) is 4. The number of halogens is 1. The zero-order valence-electron chi connectivity index (χ0n) is 9.94. The lowest BCUT2D eigenvalue weighted by atomic mass is 10.1. The maximum Gasteiger partial charge on any atom is 0.128 e. The van der Waals surface area contributed by atoms with Crippen LogP contribution < -0.4 is 9.47 Å². The molecule has 0 saturated carbocycles. The summed E-state index contributed by atoms with van der Waals surface area (Å²) in [5.41, 5.74) is 1.02. The molecule has 5 heteroatoms. The van der Waals surface area contributed by atoms with Crippen LogP contribution in [0, 0.1) is 0 Å². The summed E-state index contributed by atoms with van der Waals surface area (Å²) >= 11 is 3.42. The molecule has 1 N–H and O–H groups in total. The highest BCUT2D eigenvalue weighted by Crippen LogP contribution is 2.34. The summed E-state index contributed by atoms with van der Waals surface area (Å²) < 4.78 is 11.7. The maximum atomic E-state index is 9.28. The van der Waals surface area contributed by atoms with Crippen LogP contribution in [0.3, 0.4) is 0 Å². The highest BCUT2D eigenvalue weighted by Gasteiger charge is 2.26. The molecule has 1 aromatic carbocycles. The lowest BCUT2D eigenvalue weighted by Crippen LogP contribution is -2.49. The minimum atomic E-state index is -0.192. The standard InChI is InChI=1S/C12H16BrNO3/c1-16-11-3-8(13)4-12(17-2)10(11)7-14-5-9(15)6-14/h3-4,9,15H,5-7H2,1-2H3. The minimum Gasteiger partial charge on any atom is -0.496 e. The first-order chi connectivity index (χ1) is 8.13. The quantitative estimate of drug-likeness (QED) is 0.918. The van der Waals surface area contributed by atoms with Gasteiger partial charge in [0.15, 0.2) is 0 Å². The molecule has 17 heavy (non-hydrogen) atoms. The third-order valence-corrected chi connectivity index (χ3v) is 3.35. The number of ether oxygens (including phenoxy) is 2. The van der Waals surface area contributed by atoms with Crippen LogP contribution in [0.25, 0.3) is 0 Å². The van der Waals surface area contributed by atoms with Crippen molar-refractivity contribution in [2.75, 3.05) is 27.3 Å². The van der Waals surface area contributed by atoms with Crippen molar-refractivity contribution in [2.45, 2.75) is 12.6 Å². The summed E-state index contributed by atoms with van der Waals surface area (Å²) in [7, 11) is 3.30. The van der Waals surface area contributed by atoms with E-state index in [1.165, 1.54) is 0 Å². The molecule has 0 amide bonds. The number of methoxy groups -OCH3 is 2. The van der Waals surface area contributed by atoms with Crippen LogP contribution in [0.5, 0.6) is 11.5 Å². The molecule has 1 fully saturated rings. The highest BCUT2D eigenvalue weighted by atomic mass is 79.9. The molecule has 0 atom stereocenters. The molecule has 0 radical (unpaired) electrons. The normalized spacial score (nSPS) is 16.7. The Labute approximate surface area is 109 Å². The van der Waals surface area contributed by atoms with Gasteiger partial charge in [-0.1, -0.05) is 15.9 Å². The van der Waals surface area contributed by atoms with E-state index in [4.69, 9.17) is 9.47 Å².